The van der Waals surface area contributed by atoms with E-state index >= 15 is 0 Å². The molecule has 0 N–H and O–H groups in total. The van der Waals surface area contributed by atoms with E-state index in [4.69, 9.17) is 15.0 Å². The molecule has 0 radical (unpaired) electrons. The SMILES string of the molecule is C/C=C\C(CC)c1nc(-c2ccccc2)nc(-c2cccc(/C(C)=c3/c(=C\C)sc4ccc(-c5ccc6ccc7ccccc7c6c5)cc34)c2)n1. The number of nitrogens with zero attached hydrogens (tertiary/aromatic N) is 3. The van der Waals surface area contributed by atoms with Gasteiger partial charge in [0.25, 0.3) is 0 Å². The fourth-order valence-corrected chi connectivity index (χ4v) is 8.27. The van der Waals surface area contributed by atoms with Gasteiger partial charge < -0.3 is 0 Å². The summed E-state index contributed by atoms with van der Waals surface area (Å²) in [5, 5.41) is 7.65. The van der Waals surface area contributed by atoms with Crippen molar-refractivity contribution in [3.8, 4) is 33.9 Å². The van der Waals surface area contributed by atoms with Gasteiger partial charge in [-0.2, -0.15) is 0 Å². The maximum Gasteiger partial charge on any atom is 0.163 e. The van der Waals surface area contributed by atoms with Gasteiger partial charge in [0.15, 0.2) is 11.6 Å². The van der Waals surface area contributed by atoms with E-state index in [1.54, 1.807) is 0 Å². The lowest BCUT2D eigenvalue weighted by atomic mass is 9.96. The third kappa shape index (κ3) is 6.17. The first-order valence-electron chi connectivity index (χ1n) is 17.7. The lowest BCUT2D eigenvalue weighted by Crippen LogP contribution is -2.21. The standard InChI is InChI=1S/C47H39N3S/c1-5-14-31(6-2)45-48-46(34-16-9-8-10-17-34)50-47(49-45)38-19-13-18-35(27-38)30(4)44-41-29-37(25-26-43(41)51-42(44)7-3)36-24-23-33-22-21-32-15-11-12-20-39(32)40(33)28-36/h5,7-29,31H,6H2,1-4H3/b14-5-,42-7+,44-30+. The second-order valence-electron chi connectivity index (χ2n) is 13.0. The number of allylic oxidation sites excluding steroid dienone is 2. The molecular formula is C47H39N3S. The van der Waals surface area contributed by atoms with Crippen LogP contribution in [0.2, 0.25) is 0 Å². The zero-order chi connectivity index (χ0) is 34.9. The summed E-state index contributed by atoms with van der Waals surface area (Å²) < 4.78 is 2.56. The van der Waals surface area contributed by atoms with Gasteiger partial charge >= 0.3 is 0 Å². The van der Waals surface area contributed by atoms with Crippen molar-refractivity contribution in [1.29, 1.82) is 0 Å². The van der Waals surface area contributed by atoms with Gasteiger partial charge in [0, 0.05) is 36.9 Å². The zero-order valence-electron chi connectivity index (χ0n) is 29.4. The second-order valence-corrected chi connectivity index (χ2v) is 14.1. The molecule has 0 bridgehead atoms. The second kappa shape index (κ2) is 13.9. The van der Waals surface area contributed by atoms with E-state index in [1.165, 1.54) is 58.1 Å². The summed E-state index contributed by atoms with van der Waals surface area (Å²) in [5.41, 5.74) is 6.80. The summed E-state index contributed by atoms with van der Waals surface area (Å²) >= 11 is 1.85. The minimum Gasteiger partial charge on any atom is -0.212 e. The monoisotopic (exact) mass is 677 g/mol. The van der Waals surface area contributed by atoms with Crippen molar-refractivity contribution in [2.45, 2.75) is 40.0 Å². The molecule has 1 atom stereocenters. The lowest BCUT2D eigenvalue weighted by molar-refractivity contribution is 0.732. The van der Waals surface area contributed by atoms with E-state index in [0.717, 1.165) is 28.9 Å². The van der Waals surface area contributed by atoms with Crippen LogP contribution in [0.3, 0.4) is 0 Å². The highest BCUT2D eigenvalue weighted by atomic mass is 32.1. The summed E-state index contributed by atoms with van der Waals surface area (Å²) in [5.74, 6) is 2.31. The summed E-state index contributed by atoms with van der Waals surface area (Å²) in [6.45, 7) is 8.61. The van der Waals surface area contributed by atoms with Crippen molar-refractivity contribution < 1.29 is 0 Å². The number of aromatic nitrogens is 3. The molecule has 0 amide bonds. The van der Waals surface area contributed by atoms with Crippen molar-refractivity contribution in [3.63, 3.8) is 0 Å². The minimum absolute atomic E-state index is 0.117. The molecule has 8 rings (SSSR count). The Labute approximate surface area is 303 Å². The molecule has 0 aliphatic carbocycles. The molecule has 3 nitrogen and oxygen atoms in total. The summed E-state index contributed by atoms with van der Waals surface area (Å²) in [6.07, 6.45) is 7.42. The van der Waals surface area contributed by atoms with Crippen molar-refractivity contribution in [2.24, 2.45) is 0 Å². The van der Waals surface area contributed by atoms with Crippen LogP contribution in [0.5, 0.6) is 0 Å². The van der Waals surface area contributed by atoms with Gasteiger partial charge in [-0.1, -0.05) is 128 Å². The number of hydrogen-bond donors (Lipinski definition) is 0. The number of thiophene rings is 1. The molecule has 0 aliphatic heterocycles. The fourth-order valence-electron chi connectivity index (χ4n) is 7.14. The molecule has 0 fully saturated rings. The van der Waals surface area contributed by atoms with Gasteiger partial charge in [0.2, 0.25) is 0 Å². The minimum atomic E-state index is 0.117. The number of benzene rings is 6. The molecule has 0 spiro atoms. The Bertz CT molecular complexity index is 2720. The molecule has 0 aliphatic rings. The van der Waals surface area contributed by atoms with Crippen LogP contribution in [0.15, 0.2) is 140 Å². The smallest absolute Gasteiger partial charge is 0.163 e. The highest BCUT2D eigenvalue weighted by Crippen LogP contribution is 2.32. The summed E-state index contributed by atoms with van der Waals surface area (Å²) in [4.78, 5) is 15.0. The van der Waals surface area contributed by atoms with E-state index in [0.29, 0.717) is 11.6 Å². The largest absolute Gasteiger partial charge is 0.212 e. The van der Waals surface area contributed by atoms with Crippen LogP contribution in [0.4, 0.5) is 0 Å². The molecule has 0 saturated heterocycles. The Morgan fingerprint density at radius 2 is 1.29 bits per heavy atom. The topological polar surface area (TPSA) is 38.7 Å². The van der Waals surface area contributed by atoms with Gasteiger partial charge in [0.1, 0.15) is 5.82 Å². The summed E-state index contributed by atoms with van der Waals surface area (Å²) in [6, 6.07) is 45.8. The van der Waals surface area contributed by atoms with E-state index in [2.05, 4.69) is 148 Å². The Hall–Kier alpha value is -5.71. The molecule has 4 heteroatoms. The third-order valence-electron chi connectivity index (χ3n) is 9.87. The molecule has 8 aromatic rings. The van der Waals surface area contributed by atoms with Crippen LogP contribution in [0.1, 0.15) is 51.4 Å². The molecule has 2 heterocycles. The average molecular weight is 678 g/mol. The zero-order valence-corrected chi connectivity index (χ0v) is 30.2. The van der Waals surface area contributed by atoms with Crippen molar-refractivity contribution >= 4 is 54.6 Å². The Kier molecular flexibility index (Phi) is 8.85. The van der Waals surface area contributed by atoms with E-state index in [-0.39, 0.29) is 5.92 Å². The lowest BCUT2D eigenvalue weighted by Gasteiger charge is -2.13. The quantitative estimate of drug-likeness (QED) is 0.124. The first kappa shape index (κ1) is 32.5. The van der Waals surface area contributed by atoms with Gasteiger partial charge in [-0.05, 0) is 95.3 Å². The van der Waals surface area contributed by atoms with Crippen molar-refractivity contribution in [2.75, 3.05) is 0 Å². The first-order valence-corrected chi connectivity index (χ1v) is 18.5. The van der Waals surface area contributed by atoms with Gasteiger partial charge in [0.05, 0.1) is 0 Å². The molecular weight excluding hydrogens is 639 g/mol. The van der Waals surface area contributed by atoms with Crippen LogP contribution in [-0.4, -0.2) is 15.0 Å². The fraction of sp³-hybridized carbons (Fsp3) is 0.128. The van der Waals surface area contributed by atoms with Crippen LogP contribution < -0.4 is 9.75 Å². The molecule has 6 aromatic carbocycles. The van der Waals surface area contributed by atoms with Gasteiger partial charge in [-0.3, -0.25) is 0 Å². The number of fused-ring (bicyclic) bond motifs is 4. The van der Waals surface area contributed by atoms with Crippen LogP contribution >= 0.6 is 11.3 Å². The van der Waals surface area contributed by atoms with E-state index in [1.807, 2.05) is 36.5 Å². The molecule has 0 saturated carbocycles. The molecule has 51 heavy (non-hydrogen) atoms. The first-order chi connectivity index (χ1) is 25.0. The van der Waals surface area contributed by atoms with Crippen LogP contribution in [-0.2, 0) is 0 Å². The Morgan fingerprint density at radius 3 is 2.06 bits per heavy atom. The maximum atomic E-state index is 5.06. The third-order valence-corrected chi connectivity index (χ3v) is 11.1. The average Bonchev–Trinajstić information content (AvgIpc) is 3.57. The van der Waals surface area contributed by atoms with Crippen molar-refractivity contribution in [3.05, 3.63) is 161 Å². The van der Waals surface area contributed by atoms with Gasteiger partial charge in [-0.15, -0.1) is 11.3 Å². The maximum absolute atomic E-state index is 5.06. The Morgan fingerprint density at radius 1 is 0.627 bits per heavy atom. The normalized spacial score (nSPS) is 13.5. The van der Waals surface area contributed by atoms with E-state index in [9.17, 15) is 0 Å². The van der Waals surface area contributed by atoms with Crippen LogP contribution in [0, 0.1) is 0 Å². The number of rotatable bonds is 7. The molecule has 248 valence electrons. The van der Waals surface area contributed by atoms with Crippen LogP contribution in [0.25, 0.3) is 77.2 Å². The highest BCUT2D eigenvalue weighted by molar-refractivity contribution is 7.17. The predicted octanol–water partition coefficient (Wildman–Crippen LogP) is 11.5. The van der Waals surface area contributed by atoms with Crippen molar-refractivity contribution in [1.82, 2.24) is 15.0 Å². The molecule has 1 unspecified atom stereocenters. The summed E-state index contributed by atoms with van der Waals surface area (Å²) in [7, 11) is 0. The number of hydrogen-bond acceptors (Lipinski definition) is 4. The highest BCUT2D eigenvalue weighted by Gasteiger charge is 2.17. The molecule has 2 aromatic heterocycles. The van der Waals surface area contributed by atoms with Gasteiger partial charge in [-0.25, -0.2) is 15.0 Å². The van der Waals surface area contributed by atoms with E-state index < -0.39 is 0 Å². The predicted molar refractivity (Wildman–Crippen MR) is 218 cm³/mol. The Balaban J connectivity index is 1.27.